The number of para-hydroxylation sites is 1. The quantitative estimate of drug-likeness (QED) is 0.190. The summed E-state index contributed by atoms with van der Waals surface area (Å²) >= 11 is 5.03. The van der Waals surface area contributed by atoms with Crippen LogP contribution in [0.15, 0.2) is 120 Å². The van der Waals surface area contributed by atoms with Crippen molar-refractivity contribution in [2.75, 3.05) is 0 Å². The fraction of sp³-hybridized carbons (Fsp3) is 0.0930. The van der Waals surface area contributed by atoms with E-state index in [9.17, 15) is 0 Å². The third kappa shape index (κ3) is 3.16. The van der Waals surface area contributed by atoms with Crippen LogP contribution in [-0.2, 0) is 12.2 Å². The first kappa shape index (κ1) is 25.8. The first-order valence-corrected chi connectivity index (χ1v) is 17.1. The van der Waals surface area contributed by atoms with Crippen molar-refractivity contribution in [2.24, 2.45) is 4.99 Å². The van der Waals surface area contributed by atoms with Crippen LogP contribution in [0, 0.1) is 0 Å². The van der Waals surface area contributed by atoms with Crippen LogP contribution in [0.2, 0.25) is 0 Å². The van der Waals surface area contributed by atoms with Gasteiger partial charge in [0, 0.05) is 61.5 Å². The largest absolute Gasteiger partial charge is 0.320 e. The number of fused-ring (bicyclic) bond motifs is 12. The smallest absolute Gasteiger partial charge is 0.130 e. The molecule has 3 aromatic heterocycles. The molecule has 3 nitrogen and oxygen atoms in total. The number of allylic oxidation sites excluding steroid dienone is 1. The van der Waals surface area contributed by atoms with E-state index in [0.717, 1.165) is 12.1 Å². The first-order valence-electron chi connectivity index (χ1n) is 16.4. The summed E-state index contributed by atoms with van der Waals surface area (Å²) in [6.07, 6.45) is 5.23. The van der Waals surface area contributed by atoms with Crippen LogP contribution in [0.5, 0.6) is 0 Å². The van der Waals surface area contributed by atoms with Crippen molar-refractivity contribution in [3.63, 3.8) is 0 Å². The molecule has 11 rings (SSSR count). The average molecular weight is 620 g/mol. The van der Waals surface area contributed by atoms with Gasteiger partial charge in [-0.2, -0.15) is 12.6 Å². The Morgan fingerprint density at radius 1 is 0.723 bits per heavy atom. The minimum Gasteiger partial charge on any atom is -0.320 e. The minimum absolute atomic E-state index is 0.0851. The van der Waals surface area contributed by atoms with Crippen molar-refractivity contribution in [3.8, 4) is 11.1 Å². The predicted octanol–water partition coefficient (Wildman–Crippen LogP) is 11.0. The zero-order valence-corrected chi connectivity index (χ0v) is 26.7. The maximum absolute atomic E-state index is 5.64. The molecule has 1 aliphatic heterocycles. The number of hydrogen-bond acceptors (Lipinski definition) is 2. The third-order valence-corrected chi connectivity index (χ3v) is 11.1. The average Bonchev–Trinajstić information content (AvgIpc) is 3.82. The summed E-state index contributed by atoms with van der Waals surface area (Å²) in [6.45, 7) is 2.12. The van der Waals surface area contributed by atoms with Crippen LogP contribution in [0.4, 0.5) is 0 Å². The van der Waals surface area contributed by atoms with Gasteiger partial charge in [0.1, 0.15) is 6.17 Å². The topological polar surface area (TPSA) is 21.7 Å². The Labute approximate surface area is 276 Å². The van der Waals surface area contributed by atoms with Gasteiger partial charge >= 0.3 is 0 Å². The zero-order chi connectivity index (χ0) is 31.0. The molecule has 0 fully saturated rings. The molecule has 0 saturated heterocycles. The second-order valence-corrected chi connectivity index (χ2v) is 13.4. The van der Waals surface area contributed by atoms with Gasteiger partial charge in [0.25, 0.3) is 0 Å². The number of benzene rings is 6. The molecule has 0 radical (unpaired) electrons. The first-order chi connectivity index (χ1) is 23.2. The van der Waals surface area contributed by atoms with E-state index in [2.05, 4.69) is 137 Å². The second-order valence-electron chi connectivity index (χ2n) is 13.0. The molecular formula is C43H29N3S. The van der Waals surface area contributed by atoms with E-state index in [0.29, 0.717) is 5.75 Å². The molecule has 2 aliphatic rings. The van der Waals surface area contributed by atoms with Crippen molar-refractivity contribution in [1.82, 2.24) is 8.97 Å². The molecule has 9 aromatic rings. The normalized spacial score (nSPS) is 15.7. The Morgan fingerprint density at radius 2 is 1.49 bits per heavy atom. The molecule has 0 N–H and O–H groups in total. The standard InChI is InChI=1S/C43H29N3S/c1-2-10-31-37(23-47)45(38-21-26-13-9-17-29-27-14-5-6-16-30(27)42(44-38)39(26)29)36-22-32-28-15-7-8-18-34(28)46-35-20-25-12-4-3-11-24(25)19-33(35)41(40(31)36)43(32)46/h2-20,22,38,47H,21,23H2,1H3/b10-2-/t38-/m0/s1. The lowest BCUT2D eigenvalue weighted by Gasteiger charge is -2.26. The number of nitrogens with zero attached hydrogens (tertiary/aromatic N) is 3. The Hall–Kier alpha value is -5.32. The van der Waals surface area contributed by atoms with E-state index in [4.69, 9.17) is 17.6 Å². The molecule has 0 unspecified atom stereocenters. The number of rotatable bonds is 3. The zero-order valence-electron chi connectivity index (χ0n) is 25.8. The lowest BCUT2D eigenvalue weighted by Crippen LogP contribution is -2.20. The molecule has 0 amide bonds. The lowest BCUT2D eigenvalue weighted by atomic mass is 9.94. The van der Waals surface area contributed by atoms with E-state index >= 15 is 0 Å². The van der Waals surface area contributed by atoms with Gasteiger partial charge in [-0.15, -0.1) is 0 Å². The maximum Gasteiger partial charge on any atom is 0.130 e. The van der Waals surface area contributed by atoms with E-state index in [1.54, 1.807) is 0 Å². The van der Waals surface area contributed by atoms with Gasteiger partial charge in [-0.25, -0.2) is 0 Å². The summed E-state index contributed by atoms with van der Waals surface area (Å²) in [4.78, 5) is 5.64. The van der Waals surface area contributed by atoms with Gasteiger partial charge in [-0.05, 0) is 58.7 Å². The van der Waals surface area contributed by atoms with E-state index in [-0.39, 0.29) is 6.17 Å². The summed E-state index contributed by atoms with van der Waals surface area (Å²) in [5, 5.41) is 9.01. The number of thiol groups is 1. The fourth-order valence-corrected chi connectivity index (χ4v) is 9.30. The van der Waals surface area contributed by atoms with E-state index in [1.807, 2.05) is 0 Å². The lowest BCUT2D eigenvalue weighted by molar-refractivity contribution is 0.521. The highest BCUT2D eigenvalue weighted by Gasteiger charge is 2.34. The fourth-order valence-electron chi connectivity index (χ4n) is 8.98. The van der Waals surface area contributed by atoms with Crippen molar-refractivity contribution >= 4 is 84.2 Å². The molecule has 1 atom stereocenters. The summed E-state index contributed by atoms with van der Waals surface area (Å²) in [6, 6.07) is 40.4. The maximum atomic E-state index is 5.64. The van der Waals surface area contributed by atoms with Gasteiger partial charge in [-0.1, -0.05) is 97.1 Å². The molecule has 6 aromatic carbocycles. The number of hydrogen-bond donors (Lipinski definition) is 1. The Balaban J connectivity index is 1.32. The molecule has 0 saturated carbocycles. The van der Waals surface area contributed by atoms with Crippen molar-refractivity contribution < 1.29 is 0 Å². The van der Waals surface area contributed by atoms with Crippen molar-refractivity contribution in [1.29, 1.82) is 0 Å². The van der Waals surface area contributed by atoms with Crippen LogP contribution in [0.25, 0.3) is 77.0 Å². The molecule has 1 aliphatic carbocycles. The highest BCUT2D eigenvalue weighted by atomic mass is 32.1. The van der Waals surface area contributed by atoms with E-state index < -0.39 is 0 Å². The summed E-state index contributed by atoms with van der Waals surface area (Å²) < 4.78 is 5.04. The summed E-state index contributed by atoms with van der Waals surface area (Å²) in [5.74, 6) is 0.619. The van der Waals surface area contributed by atoms with Gasteiger partial charge in [0.15, 0.2) is 0 Å². The molecule has 4 heteroatoms. The highest BCUT2D eigenvalue weighted by Crippen LogP contribution is 2.49. The molecule has 0 spiro atoms. The minimum atomic E-state index is -0.0851. The SMILES string of the molecule is C/C=C\c1c(CS)n([C@H]2Cc3cccc4c3C(=N2)c2ccccc2-4)c2cc3c4ccccc4n4c5cc6ccccc6cc5c(c12)c34. The van der Waals surface area contributed by atoms with Crippen molar-refractivity contribution in [2.45, 2.75) is 25.3 Å². The van der Waals surface area contributed by atoms with Gasteiger partial charge in [0.05, 0.1) is 27.8 Å². The Bertz CT molecular complexity index is 2880. The summed E-state index contributed by atoms with van der Waals surface area (Å²) in [7, 11) is 0. The predicted molar refractivity (Wildman–Crippen MR) is 202 cm³/mol. The monoisotopic (exact) mass is 619 g/mol. The van der Waals surface area contributed by atoms with Crippen LogP contribution in [0.3, 0.4) is 0 Å². The van der Waals surface area contributed by atoms with Crippen molar-refractivity contribution in [3.05, 3.63) is 143 Å². The number of aliphatic imine (C=N–C) groups is 1. The summed E-state index contributed by atoms with van der Waals surface area (Å²) in [5.41, 5.74) is 15.1. The number of aromatic nitrogens is 2. The molecule has 0 bridgehead atoms. The van der Waals surface area contributed by atoms with Gasteiger partial charge in [-0.3, -0.25) is 4.99 Å². The Kier molecular flexibility index (Phi) is 5.03. The molecular weight excluding hydrogens is 591 g/mol. The van der Waals surface area contributed by atoms with E-state index in [1.165, 1.54) is 98.8 Å². The molecule has 47 heavy (non-hydrogen) atoms. The molecule has 4 heterocycles. The highest BCUT2D eigenvalue weighted by molar-refractivity contribution is 7.79. The second kappa shape index (κ2) is 9.15. The van der Waals surface area contributed by atoms with Crippen LogP contribution in [-0.4, -0.2) is 14.7 Å². The van der Waals surface area contributed by atoms with Crippen LogP contribution in [0.1, 0.15) is 41.0 Å². The molecule has 222 valence electrons. The van der Waals surface area contributed by atoms with Crippen LogP contribution >= 0.6 is 12.6 Å². The third-order valence-electron chi connectivity index (χ3n) is 10.8. The van der Waals surface area contributed by atoms with Gasteiger partial charge < -0.3 is 8.97 Å². The Morgan fingerprint density at radius 3 is 2.34 bits per heavy atom. The van der Waals surface area contributed by atoms with Crippen LogP contribution < -0.4 is 0 Å². The van der Waals surface area contributed by atoms with Gasteiger partial charge in [0.2, 0.25) is 0 Å².